The molecule has 116 valence electrons. The van der Waals surface area contributed by atoms with E-state index in [4.69, 9.17) is 18.6 Å². The van der Waals surface area contributed by atoms with Gasteiger partial charge in [-0.2, -0.15) is 0 Å². The SMILES string of the molecule is O=C1OB(c2ccccc2)OC2=C1OB(c1ccccc1)OC2=O. The highest BCUT2D eigenvalue weighted by atomic mass is 16.7. The van der Waals surface area contributed by atoms with Crippen LogP contribution in [0.2, 0.25) is 0 Å². The minimum absolute atomic E-state index is 0.271. The Bertz CT molecular complexity index is 751. The standard InChI is InChI=1S/C16H10B2O6/c19-15-14-13(21-17(23-15)11-7-3-1-4-8-11)16(20)24-18(22-14)12-9-5-2-6-10-12/h1-10H. The monoisotopic (exact) mass is 320 g/mol. The van der Waals surface area contributed by atoms with Crippen LogP contribution in [0.25, 0.3) is 0 Å². The molecule has 8 heteroatoms. The highest BCUT2D eigenvalue weighted by Crippen LogP contribution is 2.24. The predicted octanol–water partition coefficient (Wildman–Crippen LogP) is 0.136. The average molecular weight is 320 g/mol. The quantitative estimate of drug-likeness (QED) is 0.733. The van der Waals surface area contributed by atoms with Gasteiger partial charge in [0.15, 0.2) is 0 Å². The van der Waals surface area contributed by atoms with Gasteiger partial charge in [0.2, 0.25) is 11.5 Å². The largest absolute Gasteiger partial charge is 0.635 e. The van der Waals surface area contributed by atoms with Crippen molar-refractivity contribution in [1.29, 1.82) is 0 Å². The van der Waals surface area contributed by atoms with Crippen LogP contribution in [0.15, 0.2) is 72.2 Å². The molecule has 0 amide bonds. The molecule has 2 aliphatic rings. The van der Waals surface area contributed by atoms with Gasteiger partial charge in [-0.05, 0) is 0 Å². The molecule has 6 nitrogen and oxygen atoms in total. The first kappa shape index (κ1) is 14.4. The maximum atomic E-state index is 12.2. The van der Waals surface area contributed by atoms with E-state index < -0.39 is 26.2 Å². The second-order valence-corrected chi connectivity index (χ2v) is 5.19. The number of carbonyl (C=O) groups excluding carboxylic acids is 2. The Morgan fingerprint density at radius 3 is 1.29 bits per heavy atom. The van der Waals surface area contributed by atoms with Crippen LogP contribution < -0.4 is 10.9 Å². The van der Waals surface area contributed by atoms with E-state index in [1.807, 2.05) is 12.1 Å². The van der Waals surface area contributed by atoms with Crippen LogP contribution in [0.1, 0.15) is 0 Å². The summed E-state index contributed by atoms with van der Waals surface area (Å²) in [5, 5.41) is 0. The van der Waals surface area contributed by atoms with Crippen molar-refractivity contribution in [2.24, 2.45) is 0 Å². The van der Waals surface area contributed by atoms with Crippen LogP contribution in [0.5, 0.6) is 0 Å². The number of rotatable bonds is 2. The minimum Gasteiger partial charge on any atom is -0.514 e. The van der Waals surface area contributed by atoms with E-state index >= 15 is 0 Å². The third-order valence-corrected chi connectivity index (χ3v) is 3.60. The van der Waals surface area contributed by atoms with E-state index in [0.717, 1.165) is 0 Å². The third-order valence-electron chi connectivity index (χ3n) is 3.60. The van der Waals surface area contributed by atoms with E-state index in [2.05, 4.69) is 0 Å². The number of hydrogen-bond donors (Lipinski definition) is 0. The lowest BCUT2D eigenvalue weighted by atomic mass is 9.76. The Morgan fingerprint density at radius 2 is 0.917 bits per heavy atom. The zero-order valence-corrected chi connectivity index (χ0v) is 12.4. The van der Waals surface area contributed by atoms with Crippen molar-refractivity contribution in [3.05, 3.63) is 72.2 Å². The molecule has 0 aliphatic carbocycles. The van der Waals surface area contributed by atoms with E-state index in [0.29, 0.717) is 10.9 Å². The summed E-state index contributed by atoms with van der Waals surface area (Å²) in [6.45, 7) is 0. The molecule has 0 spiro atoms. The van der Waals surface area contributed by atoms with E-state index in [1.165, 1.54) is 0 Å². The molecule has 0 N–H and O–H groups in total. The molecule has 0 radical (unpaired) electrons. The van der Waals surface area contributed by atoms with Gasteiger partial charge in [0.05, 0.1) is 0 Å². The second kappa shape index (κ2) is 5.81. The Hall–Kier alpha value is -3.15. The lowest BCUT2D eigenvalue weighted by Gasteiger charge is -2.29. The molecule has 0 fully saturated rings. The van der Waals surface area contributed by atoms with Gasteiger partial charge >= 0.3 is 26.2 Å². The lowest BCUT2D eigenvalue weighted by Crippen LogP contribution is -2.50. The third kappa shape index (κ3) is 2.52. The first-order valence-electron chi connectivity index (χ1n) is 7.32. The molecule has 24 heavy (non-hydrogen) atoms. The van der Waals surface area contributed by atoms with Crippen LogP contribution in [0.3, 0.4) is 0 Å². The molecule has 0 unspecified atom stereocenters. The minimum atomic E-state index is -1.01. The van der Waals surface area contributed by atoms with Gasteiger partial charge in [0, 0.05) is 10.9 Å². The Balaban J connectivity index is 1.63. The number of benzene rings is 2. The zero-order chi connectivity index (χ0) is 16.5. The molecule has 2 aromatic carbocycles. The van der Waals surface area contributed by atoms with E-state index in [1.54, 1.807) is 48.5 Å². The van der Waals surface area contributed by atoms with Crippen molar-refractivity contribution < 1.29 is 28.2 Å². The van der Waals surface area contributed by atoms with Gasteiger partial charge < -0.3 is 18.6 Å². The molecule has 0 saturated heterocycles. The van der Waals surface area contributed by atoms with Crippen molar-refractivity contribution in [3.63, 3.8) is 0 Å². The molecule has 2 aliphatic heterocycles. The number of carbonyl (C=O) groups is 2. The van der Waals surface area contributed by atoms with Gasteiger partial charge in [-0.3, -0.25) is 0 Å². The summed E-state index contributed by atoms with van der Waals surface area (Å²) in [5.41, 5.74) is 1.21. The fraction of sp³-hybridized carbons (Fsp3) is 0. The molecular weight excluding hydrogens is 310 g/mol. The Morgan fingerprint density at radius 1 is 0.542 bits per heavy atom. The Kier molecular flexibility index (Phi) is 3.49. The van der Waals surface area contributed by atoms with E-state index in [9.17, 15) is 9.59 Å². The van der Waals surface area contributed by atoms with Crippen LogP contribution >= 0.6 is 0 Å². The maximum absolute atomic E-state index is 12.2. The lowest BCUT2D eigenvalue weighted by molar-refractivity contribution is -0.144. The van der Waals surface area contributed by atoms with Gasteiger partial charge in [-0.1, -0.05) is 60.7 Å². The van der Waals surface area contributed by atoms with Gasteiger partial charge in [0.25, 0.3) is 0 Å². The maximum Gasteiger partial charge on any atom is 0.635 e. The van der Waals surface area contributed by atoms with Gasteiger partial charge in [-0.15, -0.1) is 0 Å². The number of hydrogen-bond acceptors (Lipinski definition) is 6. The summed E-state index contributed by atoms with van der Waals surface area (Å²) in [7, 11) is -2.02. The molecule has 0 bridgehead atoms. The molecule has 0 atom stereocenters. The molecule has 2 heterocycles. The van der Waals surface area contributed by atoms with Crippen molar-refractivity contribution in [2.75, 3.05) is 0 Å². The Labute approximate surface area is 138 Å². The van der Waals surface area contributed by atoms with Crippen molar-refractivity contribution in [1.82, 2.24) is 0 Å². The summed E-state index contributed by atoms with van der Waals surface area (Å²) in [6.07, 6.45) is 0. The molecular formula is C16H10B2O6. The normalized spacial score (nSPS) is 16.7. The van der Waals surface area contributed by atoms with Crippen LogP contribution in [-0.4, -0.2) is 26.2 Å². The summed E-state index contributed by atoms with van der Waals surface area (Å²) in [5.74, 6) is -2.06. The van der Waals surface area contributed by atoms with Crippen molar-refractivity contribution >= 4 is 37.1 Å². The average Bonchev–Trinajstić information content (AvgIpc) is 2.63. The molecule has 0 aromatic heterocycles. The predicted molar refractivity (Wildman–Crippen MR) is 85.0 cm³/mol. The van der Waals surface area contributed by atoms with Crippen LogP contribution in [0, 0.1) is 0 Å². The van der Waals surface area contributed by atoms with Gasteiger partial charge in [-0.25, -0.2) is 9.59 Å². The molecule has 4 rings (SSSR count). The summed E-state index contributed by atoms with van der Waals surface area (Å²) in [4.78, 5) is 24.5. The topological polar surface area (TPSA) is 71.1 Å². The van der Waals surface area contributed by atoms with Gasteiger partial charge in [0.1, 0.15) is 0 Å². The summed E-state index contributed by atoms with van der Waals surface area (Å²) in [6, 6.07) is 17.7. The van der Waals surface area contributed by atoms with Crippen LogP contribution in [0.4, 0.5) is 0 Å². The highest BCUT2D eigenvalue weighted by Gasteiger charge is 2.48. The zero-order valence-electron chi connectivity index (χ0n) is 12.4. The fourth-order valence-corrected chi connectivity index (χ4v) is 2.44. The van der Waals surface area contributed by atoms with E-state index in [-0.39, 0.29) is 11.5 Å². The van der Waals surface area contributed by atoms with Crippen molar-refractivity contribution in [2.45, 2.75) is 0 Å². The molecule has 2 aromatic rings. The smallest absolute Gasteiger partial charge is 0.514 e. The fourth-order valence-electron chi connectivity index (χ4n) is 2.44. The second-order valence-electron chi connectivity index (χ2n) is 5.19. The van der Waals surface area contributed by atoms with Crippen LogP contribution in [-0.2, 0) is 28.2 Å². The molecule has 0 saturated carbocycles. The summed E-state index contributed by atoms with van der Waals surface area (Å²) >= 11 is 0. The summed E-state index contributed by atoms with van der Waals surface area (Å²) < 4.78 is 21.4. The highest BCUT2D eigenvalue weighted by molar-refractivity contribution is 6.66. The first-order chi connectivity index (χ1) is 11.7. The first-order valence-corrected chi connectivity index (χ1v) is 7.32. The van der Waals surface area contributed by atoms with Crippen molar-refractivity contribution in [3.8, 4) is 0 Å².